The van der Waals surface area contributed by atoms with Crippen LogP contribution < -0.4 is 0 Å². The number of carboxylic acids is 1. The third-order valence-corrected chi connectivity index (χ3v) is 3.51. The normalized spacial score (nSPS) is 12.2. The van der Waals surface area contributed by atoms with Crippen molar-refractivity contribution in [2.45, 2.75) is 10.8 Å². The van der Waals surface area contributed by atoms with Crippen molar-refractivity contribution in [1.82, 2.24) is 0 Å². The topological polar surface area (TPSA) is 87.7 Å². The second-order valence-corrected chi connectivity index (χ2v) is 4.96. The standard InChI is InChI=1S/C12H10O5S/c13-9-3-1-8(2-4-9)7-18(16)11-6-5-10(17-11)12(14)15/h1-6,13H,7H2,(H,14,15). The van der Waals surface area contributed by atoms with Crippen LogP contribution in [0.1, 0.15) is 16.1 Å². The molecule has 0 amide bonds. The molecular formula is C12H10O5S. The largest absolute Gasteiger partial charge is 0.508 e. The van der Waals surface area contributed by atoms with E-state index >= 15 is 0 Å². The first-order valence-electron chi connectivity index (χ1n) is 5.05. The van der Waals surface area contributed by atoms with Crippen molar-refractivity contribution in [3.05, 3.63) is 47.7 Å². The number of aromatic hydroxyl groups is 1. The number of benzene rings is 1. The minimum Gasteiger partial charge on any atom is -0.508 e. The SMILES string of the molecule is O=C(O)c1ccc(S(=O)Cc2ccc(O)cc2)o1. The zero-order valence-corrected chi connectivity index (χ0v) is 10.0. The van der Waals surface area contributed by atoms with Crippen LogP contribution in [0.15, 0.2) is 45.9 Å². The Morgan fingerprint density at radius 3 is 2.39 bits per heavy atom. The number of furan rings is 1. The number of hydrogen-bond donors (Lipinski definition) is 2. The Labute approximate surface area is 105 Å². The maximum Gasteiger partial charge on any atom is 0.371 e. The highest BCUT2D eigenvalue weighted by atomic mass is 32.2. The van der Waals surface area contributed by atoms with Gasteiger partial charge in [0.1, 0.15) is 5.75 Å². The van der Waals surface area contributed by atoms with Gasteiger partial charge in [0.2, 0.25) is 5.76 Å². The molecule has 2 aromatic rings. The van der Waals surface area contributed by atoms with Gasteiger partial charge in [0.15, 0.2) is 5.09 Å². The van der Waals surface area contributed by atoms with Crippen LogP contribution in [0.4, 0.5) is 0 Å². The number of carboxylic acid groups (broad SMARTS) is 1. The molecule has 0 saturated carbocycles. The van der Waals surface area contributed by atoms with Crippen molar-refractivity contribution in [3.8, 4) is 5.75 Å². The van der Waals surface area contributed by atoms with Crippen LogP contribution in [0.3, 0.4) is 0 Å². The number of hydrogen-bond acceptors (Lipinski definition) is 4. The molecule has 0 aliphatic carbocycles. The number of phenolic OH excluding ortho intramolecular Hbond substituents is 1. The third-order valence-electron chi connectivity index (χ3n) is 2.25. The van der Waals surface area contributed by atoms with Crippen molar-refractivity contribution in [2.24, 2.45) is 0 Å². The summed E-state index contributed by atoms with van der Waals surface area (Å²) < 4.78 is 16.9. The summed E-state index contributed by atoms with van der Waals surface area (Å²) in [6.07, 6.45) is 0. The van der Waals surface area contributed by atoms with Gasteiger partial charge in [-0.05, 0) is 29.8 Å². The molecule has 0 spiro atoms. The van der Waals surface area contributed by atoms with E-state index < -0.39 is 16.8 Å². The Balaban J connectivity index is 2.11. The highest BCUT2D eigenvalue weighted by molar-refractivity contribution is 7.84. The maximum atomic E-state index is 11.9. The summed E-state index contributed by atoms with van der Waals surface area (Å²) in [5, 5.41) is 17.9. The number of phenols is 1. The molecule has 2 rings (SSSR count). The Morgan fingerprint density at radius 2 is 1.83 bits per heavy atom. The molecule has 0 bridgehead atoms. The minimum absolute atomic E-state index is 0.125. The molecule has 1 aromatic carbocycles. The predicted molar refractivity (Wildman–Crippen MR) is 63.9 cm³/mol. The molecule has 0 saturated heterocycles. The van der Waals surface area contributed by atoms with E-state index in [1.54, 1.807) is 12.1 Å². The highest BCUT2D eigenvalue weighted by Crippen LogP contribution is 2.17. The van der Waals surface area contributed by atoms with Crippen LogP contribution in [0.5, 0.6) is 5.75 Å². The first-order chi connectivity index (χ1) is 8.56. The van der Waals surface area contributed by atoms with Crippen LogP contribution in [-0.4, -0.2) is 20.4 Å². The molecule has 0 fully saturated rings. The Kier molecular flexibility index (Phi) is 3.47. The second-order valence-electron chi connectivity index (χ2n) is 3.58. The number of aromatic carboxylic acids is 1. The van der Waals surface area contributed by atoms with Crippen molar-refractivity contribution in [2.75, 3.05) is 0 Å². The molecular weight excluding hydrogens is 256 g/mol. The molecule has 18 heavy (non-hydrogen) atoms. The van der Waals surface area contributed by atoms with Gasteiger partial charge in [0.05, 0.1) is 16.6 Å². The fraction of sp³-hybridized carbons (Fsp3) is 0.0833. The van der Waals surface area contributed by atoms with Gasteiger partial charge in [0, 0.05) is 0 Å². The average molecular weight is 266 g/mol. The van der Waals surface area contributed by atoms with E-state index in [2.05, 4.69) is 0 Å². The molecule has 2 N–H and O–H groups in total. The lowest BCUT2D eigenvalue weighted by atomic mass is 10.2. The molecule has 6 heteroatoms. The first-order valence-corrected chi connectivity index (χ1v) is 6.37. The van der Waals surface area contributed by atoms with E-state index in [-0.39, 0.29) is 22.4 Å². The summed E-state index contributed by atoms with van der Waals surface area (Å²) in [4.78, 5) is 10.6. The zero-order valence-electron chi connectivity index (χ0n) is 9.20. The van der Waals surface area contributed by atoms with Crippen molar-refractivity contribution in [1.29, 1.82) is 0 Å². The molecule has 0 aliphatic heterocycles. The summed E-state index contributed by atoms with van der Waals surface area (Å²) >= 11 is 0. The Bertz CT molecular complexity index is 585. The number of carbonyl (C=O) groups is 1. The smallest absolute Gasteiger partial charge is 0.371 e. The summed E-state index contributed by atoms with van der Waals surface area (Å²) in [6.45, 7) is 0. The summed E-state index contributed by atoms with van der Waals surface area (Å²) in [5.74, 6) is -1.09. The molecule has 5 nitrogen and oxygen atoms in total. The molecule has 1 aromatic heterocycles. The van der Waals surface area contributed by atoms with Gasteiger partial charge in [-0.25, -0.2) is 4.79 Å². The van der Waals surface area contributed by atoms with Gasteiger partial charge < -0.3 is 14.6 Å². The Morgan fingerprint density at radius 1 is 1.17 bits per heavy atom. The summed E-state index contributed by atoms with van der Waals surface area (Å²) in [7, 11) is -1.45. The van der Waals surface area contributed by atoms with Gasteiger partial charge in [-0.15, -0.1) is 0 Å². The van der Waals surface area contributed by atoms with Crippen LogP contribution in [0, 0.1) is 0 Å². The van der Waals surface area contributed by atoms with Gasteiger partial charge in [0.25, 0.3) is 0 Å². The Hall–Kier alpha value is -2.08. The first kappa shape index (κ1) is 12.4. The van der Waals surface area contributed by atoms with Gasteiger partial charge >= 0.3 is 5.97 Å². The lowest BCUT2D eigenvalue weighted by Gasteiger charge is -2.00. The van der Waals surface area contributed by atoms with Crippen molar-refractivity contribution >= 4 is 16.8 Å². The number of rotatable bonds is 4. The molecule has 1 heterocycles. The fourth-order valence-electron chi connectivity index (χ4n) is 1.37. The highest BCUT2D eigenvalue weighted by Gasteiger charge is 2.14. The van der Waals surface area contributed by atoms with E-state index in [4.69, 9.17) is 14.6 Å². The molecule has 0 aliphatic rings. The van der Waals surface area contributed by atoms with E-state index in [9.17, 15) is 9.00 Å². The lowest BCUT2D eigenvalue weighted by molar-refractivity contribution is 0.0656. The van der Waals surface area contributed by atoms with Gasteiger partial charge in [-0.2, -0.15) is 0 Å². The van der Waals surface area contributed by atoms with E-state index in [0.29, 0.717) is 0 Å². The second kappa shape index (κ2) is 5.05. The fourth-order valence-corrected chi connectivity index (χ4v) is 2.41. The summed E-state index contributed by atoms with van der Waals surface area (Å²) in [6, 6.07) is 8.95. The average Bonchev–Trinajstić information content (AvgIpc) is 2.81. The minimum atomic E-state index is -1.45. The summed E-state index contributed by atoms with van der Waals surface area (Å²) in [5.41, 5.74) is 0.763. The maximum absolute atomic E-state index is 11.9. The van der Waals surface area contributed by atoms with E-state index in [1.165, 1.54) is 24.3 Å². The van der Waals surface area contributed by atoms with Crippen LogP contribution in [-0.2, 0) is 16.6 Å². The predicted octanol–water partition coefficient (Wildman–Crippen LogP) is 1.99. The van der Waals surface area contributed by atoms with Crippen LogP contribution in [0.25, 0.3) is 0 Å². The van der Waals surface area contributed by atoms with Crippen LogP contribution >= 0.6 is 0 Å². The van der Waals surface area contributed by atoms with E-state index in [0.717, 1.165) is 5.56 Å². The quantitative estimate of drug-likeness (QED) is 0.883. The van der Waals surface area contributed by atoms with Crippen molar-refractivity contribution < 1.29 is 23.6 Å². The molecule has 1 unspecified atom stereocenters. The zero-order chi connectivity index (χ0) is 13.1. The molecule has 0 radical (unpaired) electrons. The van der Waals surface area contributed by atoms with E-state index in [1.807, 2.05) is 0 Å². The van der Waals surface area contributed by atoms with Crippen molar-refractivity contribution in [3.63, 3.8) is 0 Å². The monoisotopic (exact) mass is 266 g/mol. The van der Waals surface area contributed by atoms with Crippen LogP contribution in [0.2, 0.25) is 0 Å². The van der Waals surface area contributed by atoms with Gasteiger partial charge in [-0.1, -0.05) is 12.1 Å². The third kappa shape index (κ3) is 2.78. The molecule has 1 atom stereocenters. The lowest BCUT2D eigenvalue weighted by Crippen LogP contribution is -1.96. The molecule has 94 valence electrons. The van der Waals surface area contributed by atoms with Gasteiger partial charge in [-0.3, -0.25) is 4.21 Å².